The highest BCUT2D eigenvalue weighted by Crippen LogP contribution is 2.62. The SMILES string of the molecule is C=CCO[C@@]12Oc3ccc(Oc4ccc(C)c(C)c4)cc3[C@H]3[C@H](CCCCO)[C@@H](CCCCO)C=C(C(=NOC)C[C@@H]1N(CCC)C(=O)Oc1ccc([N+](=O)[O-])cc1)[C@H]32. The number of aryl methyl sites for hydroxylation is 2. The lowest BCUT2D eigenvalue weighted by Gasteiger charge is -2.59. The highest BCUT2D eigenvalue weighted by atomic mass is 16.7. The zero-order valence-corrected chi connectivity index (χ0v) is 34.5. The van der Waals surface area contributed by atoms with Crippen LogP contribution in [0.1, 0.15) is 80.9 Å². The predicted octanol–water partition coefficient (Wildman–Crippen LogP) is 9.18. The molecule has 0 saturated heterocycles. The molecule has 1 saturated carbocycles. The molecule has 6 rings (SSSR count). The van der Waals surface area contributed by atoms with Crippen molar-refractivity contribution in [2.45, 2.75) is 89.9 Å². The van der Waals surface area contributed by atoms with Crippen molar-refractivity contribution in [2.75, 3.05) is 33.5 Å². The number of oxime groups is 1. The molecule has 2 N–H and O–H groups in total. The van der Waals surface area contributed by atoms with Crippen LogP contribution < -0.4 is 14.2 Å². The number of hydrogen-bond acceptors (Lipinski definition) is 11. The fraction of sp³-hybridized carbons (Fsp3) is 0.478. The summed E-state index contributed by atoms with van der Waals surface area (Å²) in [5.41, 5.74) is 4.67. The molecular formula is C46H57N3O10. The second-order valence-electron chi connectivity index (χ2n) is 15.6. The van der Waals surface area contributed by atoms with Crippen LogP contribution in [0.25, 0.3) is 0 Å². The normalized spacial score (nSPS) is 23.6. The molecule has 1 fully saturated rings. The minimum absolute atomic E-state index is 0.0365. The summed E-state index contributed by atoms with van der Waals surface area (Å²) >= 11 is 0. The highest BCUT2D eigenvalue weighted by molar-refractivity contribution is 6.03. The van der Waals surface area contributed by atoms with Gasteiger partial charge in [-0.15, -0.1) is 6.58 Å². The number of rotatable bonds is 19. The maximum Gasteiger partial charge on any atom is 0.415 e. The summed E-state index contributed by atoms with van der Waals surface area (Å²) in [6.45, 7) is 10.6. The number of carbonyl (C=O) groups is 1. The Morgan fingerprint density at radius 3 is 2.36 bits per heavy atom. The molecule has 6 atom stereocenters. The topological polar surface area (TPSA) is 162 Å². The number of benzene rings is 3. The lowest BCUT2D eigenvalue weighted by Crippen LogP contribution is -2.70. The number of amides is 1. The molecule has 13 nitrogen and oxygen atoms in total. The smallest absolute Gasteiger partial charge is 0.415 e. The van der Waals surface area contributed by atoms with Crippen molar-refractivity contribution < 1.29 is 43.7 Å². The van der Waals surface area contributed by atoms with Crippen LogP contribution in [0, 0.1) is 41.7 Å². The lowest BCUT2D eigenvalue weighted by atomic mass is 9.55. The third-order valence-corrected chi connectivity index (χ3v) is 11.9. The van der Waals surface area contributed by atoms with Crippen molar-refractivity contribution in [2.24, 2.45) is 22.9 Å². The Kier molecular flexibility index (Phi) is 14.5. The third-order valence-electron chi connectivity index (χ3n) is 11.9. The molecule has 3 aromatic carbocycles. The van der Waals surface area contributed by atoms with Crippen LogP contribution in [0.3, 0.4) is 0 Å². The number of hydrogen-bond donors (Lipinski definition) is 2. The third kappa shape index (κ3) is 9.32. The minimum atomic E-state index is -1.46. The Bertz CT molecular complexity index is 2020. The van der Waals surface area contributed by atoms with Crippen LogP contribution in [0.15, 0.2) is 90.1 Å². The van der Waals surface area contributed by atoms with Crippen LogP contribution in [-0.2, 0) is 9.57 Å². The van der Waals surface area contributed by atoms with E-state index in [4.69, 9.17) is 23.8 Å². The van der Waals surface area contributed by atoms with Crippen molar-refractivity contribution >= 4 is 17.5 Å². The number of nitro groups is 1. The molecule has 59 heavy (non-hydrogen) atoms. The monoisotopic (exact) mass is 811 g/mol. The number of aliphatic hydroxyl groups is 2. The van der Waals surface area contributed by atoms with E-state index in [-0.39, 0.29) is 62.0 Å². The van der Waals surface area contributed by atoms with E-state index < -0.39 is 28.8 Å². The van der Waals surface area contributed by atoms with Gasteiger partial charge in [0.2, 0.25) is 5.79 Å². The van der Waals surface area contributed by atoms with Crippen LogP contribution in [-0.4, -0.2) is 77.1 Å². The Labute approximate surface area is 346 Å². The number of ether oxygens (including phenoxy) is 4. The summed E-state index contributed by atoms with van der Waals surface area (Å²) in [6.07, 6.45) is 8.57. The predicted molar refractivity (Wildman–Crippen MR) is 224 cm³/mol. The first-order chi connectivity index (χ1) is 28.6. The average molecular weight is 812 g/mol. The molecule has 3 aromatic rings. The Morgan fingerprint density at radius 2 is 1.69 bits per heavy atom. The quantitative estimate of drug-likeness (QED) is 0.0517. The average Bonchev–Trinajstić information content (AvgIpc) is 3.22. The van der Waals surface area contributed by atoms with Gasteiger partial charge in [0.15, 0.2) is 0 Å². The summed E-state index contributed by atoms with van der Waals surface area (Å²) in [5.74, 6) is 0.0285. The first-order valence-corrected chi connectivity index (χ1v) is 20.7. The van der Waals surface area contributed by atoms with Crippen molar-refractivity contribution in [1.82, 2.24) is 4.90 Å². The van der Waals surface area contributed by atoms with Gasteiger partial charge in [0, 0.05) is 49.8 Å². The zero-order valence-electron chi connectivity index (χ0n) is 34.5. The summed E-state index contributed by atoms with van der Waals surface area (Å²) in [5, 5.41) is 35.7. The number of non-ortho nitro benzene ring substituents is 1. The molecule has 0 bridgehead atoms. The molecule has 1 amide bonds. The fourth-order valence-electron chi connectivity index (χ4n) is 9.15. The molecule has 2 aliphatic carbocycles. The van der Waals surface area contributed by atoms with Crippen molar-refractivity contribution in [1.29, 1.82) is 0 Å². The lowest BCUT2D eigenvalue weighted by molar-refractivity contribution is -0.384. The molecule has 0 spiro atoms. The van der Waals surface area contributed by atoms with Gasteiger partial charge >= 0.3 is 6.09 Å². The van der Waals surface area contributed by atoms with E-state index in [0.29, 0.717) is 42.2 Å². The van der Waals surface area contributed by atoms with Gasteiger partial charge < -0.3 is 34.0 Å². The molecule has 1 aliphatic heterocycles. The number of unbranched alkanes of at least 4 members (excludes halogenated alkanes) is 2. The number of nitrogens with zero attached hydrogens (tertiary/aromatic N) is 3. The Hall–Kier alpha value is -5.24. The van der Waals surface area contributed by atoms with Gasteiger partial charge in [-0.25, -0.2) is 4.79 Å². The molecule has 316 valence electrons. The van der Waals surface area contributed by atoms with Gasteiger partial charge in [0.1, 0.15) is 36.1 Å². The number of carbonyl (C=O) groups excluding carboxylic acids is 1. The molecule has 1 heterocycles. The summed E-state index contributed by atoms with van der Waals surface area (Å²) in [7, 11) is 1.51. The maximum atomic E-state index is 14.5. The van der Waals surface area contributed by atoms with E-state index in [2.05, 4.69) is 37.7 Å². The van der Waals surface area contributed by atoms with E-state index in [1.54, 1.807) is 11.0 Å². The van der Waals surface area contributed by atoms with E-state index in [1.165, 1.54) is 36.9 Å². The Morgan fingerprint density at radius 1 is 1.00 bits per heavy atom. The minimum Gasteiger partial charge on any atom is -0.459 e. The van der Waals surface area contributed by atoms with Gasteiger partial charge in [-0.3, -0.25) is 15.0 Å². The van der Waals surface area contributed by atoms with Gasteiger partial charge in [-0.1, -0.05) is 43.1 Å². The fourth-order valence-corrected chi connectivity index (χ4v) is 9.15. The molecule has 0 unspecified atom stereocenters. The summed E-state index contributed by atoms with van der Waals surface area (Å²) < 4.78 is 26.7. The molecule has 0 radical (unpaired) electrons. The number of fused-ring (bicyclic) bond motifs is 2. The van der Waals surface area contributed by atoms with Gasteiger partial charge in [-0.05, 0) is 117 Å². The van der Waals surface area contributed by atoms with Crippen LogP contribution in [0.5, 0.6) is 23.0 Å². The van der Waals surface area contributed by atoms with E-state index in [1.807, 2.05) is 37.3 Å². The molecule has 3 aliphatic rings. The van der Waals surface area contributed by atoms with Gasteiger partial charge in [0.25, 0.3) is 5.69 Å². The second-order valence-corrected chi connectivity index (χ2v) is 15.6. The molecule has 0 aromatic heterocycles. The van der Waals surface area contributed by atoms with Crippen LogP contribution in [0.2, 0.25) is 0 Å². The van der Waals surface area contributed by atoms with E-state index >= 15 is 0 Å². The van der Waals surface area contributed by atoms with E-state index in [9.17, 15) is 25.1 Å². The first-order valence-electron chi connectivity index (χ1n) is 20.7. The number of aliphatic hydroxyl groups excluding tert-OH is 2. The molecule has 13 heteroatoms. The second kappa shape index (κ2) is 19.7. The van der Waals surface area contributed by atoms with Crippen molar-refractivity contribution in [3.05, 3.63) is 112 Å². The first kappa shape index (κ1) is 43.3. The van der Waals surface area contributed by atoms with E-state index in [0.717, 1.165) is 42.4 Å². The number of allylic oxidation sites excluding steroid dienone is 1. The zero-order chi connectivity index (χ0) is 42.1. The molecular weight excluding hydrogens is 755 g/mol. The van der Waals surface area contributed by atoms with Crippen LogP contribution in [0.4, 0.5) is 10.5 Å². The van der Waals surface area contributed by atoms with Crippen molar-refractivity contribution in [3.8, 4) is 23.0 Å². The summed E-state index contributed by atoms with van der Waals surface area (Å²) in [6, 6.07) is 16.5. The van der Waals surface area contributed by atoms with Gasteiger partial charge in [0.05, 0.1) is 23.2 Å². The largest absolute Gasteiger partial charge is 0.459 e. The summed E-state index contributed by atoms with van der Waals surface area (Å²) in [4.78, 5) is 32.5. The highest BCUT2D eigenvalue weighted by Gasteiger charge is 2.65. The van der Waals surface area contributed by atoms with Crippen LogP contribution >= 0.6 is 0 Å². The maximum absolute atomic E-state index is 14.5. The number of nitro benzene ring substituents is 1. The van der Waals surface area contributed by atoms with Crippen molar-refractivity contribution in [3.63, 3.8) is 0 Å². The van der Waals surface area contributed by atoms with Gasteiger partial charge in [-0.2, -0.15) is 0 Å². The Balaban J connectivity index is 1.54. The standard InChI is InChI=1S/C46H57N3O10/c1-6-22-48(45(52)58-34-18-15-33(16-19-34)49(53)54)42-29-40(47-55-5)38-27-32(12-8-10-23-50)37(13-9-11-24-51)43-39-28-36(57-35-17-14-30(3)31(4)26-35)20-21-41(39)59-46(42,44(38)43)56-25-7-2/h7,14-21,26-28,32,37,42-44,50-51H,2,6,8-13,22-25,29H2,1,3-5H3/t32-,37+,42-,43+,44+,46+/m0/s1.